The number of ether oxygens (including phenoxy) is 1. The van der Waals surface area contributed by atoms with Gasteiger partial charge in [0.25, 0.3) is 5.91 Å². The third-order valence-corrected chi connectivity index (χ3v) is 3.80. The van der Waals surface area contributed by atoms with Gasteiger partial charge < -0.3 is 19.9 Å². The lowest BCUT2D eigenvalue weighted by molar-refractivity contribution is -0.130. The molecule has 2 N–H and O–H groups in total. The zero-order valence-corrected chi connectivity index (χ0v) is 13.5. The summed E-state index contributed by atoms with van der Waals surface area (Å²) in [6.07, 6.45) is 5.33. The number of nitrogens with one attached hydrogen (secondary N) is 2. The Kier molecular flexibility index (Phi) is 4.79. The van der Waals surface area contributed by atoms with Gasteiger partial charge in [0.15, 0.2) is 6.10 Å². The van der Waals surface area contributed by atoms with Crippen LogP contribution in [-0.4, -0.2) is 34.0 Å². The maximum absolute atomic E-state index is 12.1. The number of carbonyl (C=O) groups is 2. The van der Waals surface area contributed by atoms with Crippen LogP contribution in [0.25, 0.3) is 0 Å². The lowest BCUT2D eigenvalue weighted by Crippen LogP contribution is -2.41. The van der Waals surface area contributed by atoms with E-state index in [4.69, 9.17) is 4.74 Å². The van der Waals surface area contributed by atoms with Crippen molar-refractivity contribution in [1.82, 2.24) is 14.9 Å². The molecule has 2 aromatic rings. The third-order valence-electron chi connectivity index (χ3n) is 3.80. The average Bonchev–Trinajstić information content (AvgIpc) is 3.06. The molecule has 3 rings (SSSR count). The Bertz CT molecular complexity index is 727. The number of benzene rings is 1. The molecule has 0 spiro atoms. The minimum atomic E-state index is -0.797. The summed E-state index contributed by atoms with van der Waals surface area (Å²) in [4.78, 5) is 28.0. The van der Waals surface area contributed by atoms with E-state index in [1.165, 1.54) is 0 Å². The highest BCUT2D eigenvalue weighted by molar-refractivity contribution is 6.00. The van der Waals surface area contributed by atoms with Crippen molar-refractivity contribution >= 4 is 17.5 Å². The van der Waals surface area contributed by atoms with Gasteiger partial charge in [0.1, 0.15) is 5.75 Å². The highest BCUT2D eigenvalue weighted by Crippen LogP contribution is 2.30. The molecule has 1 aliphatic heterocycles. The van der Waals surface area contributed by atoms with Gasteiger partial charge in [-0.1, -0.05) is 6.07 Å². The van der Waals surface area contributed by atoms with Crippen molar-refractivity contribution in [3.8, 4) is 5.75 Å². The lowest BCUT2D eigenvalue weighted by atomic mass is 10.1. The summed E-state index contributed by atoms with van der Waals surface area (Å²) >= 11 is 0. The maximum Gasteiger partial charge on any atom is 0.266 e. The standard InChI is InChI=1S/C17H20N4O3/c1-12-3-4-14-13(9-12)20-17(23)15(24-14)10-16(22)19-5-2-7-21-8-6-18-11-21/h3-4,6,8-9,11,15H,2,5,7,10H2,1H3,(H,19,22)(H,20,23). The molecule has 2 amide bonds. The van der Waals surface area contributed by atoms with Gasteiger partial charge in [-0.05, 0) is 31.0 Å². The number of amides is 2. The zero-order chi connectivity index (χ0) is 16.9. The quantitative estimate of drug-likeness (QED) is 0.787. The number of anilines is 1. The van der Waals surface area contributed by atoms with Crippen molar-refractivity contribution in [3.63, 3.8) is 0 Å². The Balaban J connectivity index is 1.46. The van der Waals surface area contributed by atoms with Gasteiger partial charge in [-0.15, -0.1) is 0 Å². The molecular formula is C17H20N4O3. The highest BCUT2D eigenvalue weighted by Gasteiger charge is 2.29. The molecule has 7 nitrogen and oxygen atoms in total. The highest BCUT2D eigenvalue weighted by atomic mass is 16.5. The Labute approximate surface area is 140 Å². The predicted octanol–water partition coefficient (Wildman–Crippen LogP) is 1.49. The van der Waals surface area contributed by atoms with Crippen LogP contribution in [-0.2, 0) is 16.1 Å². The van der Waals surface area contributed by atoms with Gasteiger partial charge in [0.05, 0.1) is 18.4 Å². The van der Waals surface area contributed by atoms with Gasteiger partial charge in [0, 0.05) is 25.5 Å². The minimum absolute atomic E-state index is 0.00419. The number of aryl methyl sites for hydroxylation is 2. The van der Waals surface area contributed by atoms with E-state index in [0.29, 0.717) is 18.0 Å². The average molecular weight is 328 g/mol. The predicted molar refractivity (Wildman–Crippen MR) is 88.7 cm³/mol. The summed E-state index contributed by atoms with van der Waals surface area (Å²) < 4.78 is 7.60. The first-order valence-corrected chi connectivity index (χ1v) is 7.92. The molecule has 1 aliphatic rings. The van der Waals surface area contributed by atoms with Crippen LogP contribution < -0.4 is 15.4 Å². The van der Waals surface area contributed by atoms with Crippen LogP contribution in [0.4, 0.5) is 5.69 Å². The van der Waals surface area contributed by atoms with Crippen LogP contribution in [0.15, 0.2) is 36.9 Å². The molecule has 0 bridgehead atoms. The molecule has 0 saturated heterocycles. The largest absolute Gasteiger partial charge is 0.478 e. The number of imidazole rings is 1. The monoisotopic (exact) mass is 328 g/mol. The first-order chi connectivity index (χ1) is 11.6. The molecule has 1 aromatic heterocycles. The van der Waals surface area contributed by atoms with E-state index in [-0.39, 0.29) is 18.2 Å². The normalized spacial score (nSPS) is 16.0. The number of carbonyl (C=O) groups excluding carboxylic acids is 2. The molecule has 24 heavy (non-hydrogen) atoms. The van der Waals surface area contributed by atoms with Crippen molar-refractivity contribution in [1.29, 1.82) is 0 Å². The van der Waals surface area contributed by atoms with E-state index in [1.54, 1.807) is 18.6 Å². The van der Waals surface area contributed by atoms with Crippen molar-refractivity contribution in [2.45, 2.75) is 32.4 Å². The molecule has 126 valence electrons. The van der Waals surface area contributed by atoms with Crippen LogP contribution >= 0.6 is 0 Å². The van der Waals surface area contributed by atoms with Gasteiger partial charge in [-0.25, -0.2) is 4.98 Å². The summed E-state index contributed by atoms with van der Waals surface area (Å²) in [6, 6.07) is 5.56. The fraction of sp³-hybridized carbons (Fsp3) is 0.353. The smallest absolute Gasteiger partial charge is 0.266 e. The van der Waals surface area contributed by atoms with E-state index in [1.807, 2.05) is 29.8 Å². The number of hydrogen-bond donors (Lipinski definition) is 2. The fourth-order valence-corrected chi connectivity index (χ4v) is 2.55. The second-order valence-corrected chi connectivity index (χ2v) is 5.80. The molecule has 0 aliphatic carbocycles. The van der Waals surface area contributed by atoms with Crippen LogP contribution in [0.1, 0.15) is 18.4 Å². The van der Waals surface area contributed by atoms with Crippen molar-refractivity contribution in [3.05, 3.63) is 42.5 Å². The van der Waals surface area contributed by atoms with Crippen molar-refractivity contribution in [2.75, 3.05) is 11.9 Å². The number of fused-ring (bicyclic) bond motifs is 1. The Morgan fingerprint density at radius 3 is 3.12 bits per heavy atom. The van der Waals surface area contributed by atoms with E-state index in [0.717, 1.165) is 18.5 Å². The topological polar surface area (TPSA) is 85.3 Å². The van der Waals surface area contributed by atoms with Gasteiger partial charge in [-0.3, -0.25) is 9.59 Å². The van der Waals surface area contributed by atoms with Crippen molar-refractivity contribution in [2.24, 2.45) is 0 Å². The number of rotatable bonds is 6. The molecule has 0 saturated carbocycles. The van der Waals surface area contributed by atoms with Gasteiger partial charge in [0.2, 0.25) is 5.91 Å². The first-order valence-electron chi connectivity index (χ1n) is 7.92. The van der Waals surface area contributed by atoms with Crippen LogP contribution in [0.5, 0.6) is 5.75 Å². The van der Waals surface area contributed by atoms with Gasteiger partial charge >= 0.3 is 0 Å². The molecule has 0 fully saturated rings. The van der Waals surface area contributed by atoms with Crippen LogP contribution in [0, 0.1) is 6.92 Å². The SMILES string of the molecule is Cc1ccc2c(c1)NC(=O)C(CC(=O)NCCCn1ccnc1)O2. The van der Waals surface area contributed by atoms with Gasteiger partial charge in [-0.2, -0.15) is 0 Å². The minimum Gasteiger partial charge on any atom is -0.478 e. The summed E-state index contributed by atoms with van der Waals surface area (Å²) in [5, 5.41) is 5.60. The summed E-state index contributed by atoms with van der Waals surface area (Å²) in [5.74, 6) is 0.108. The Morgan fingerprint density at radius 1 is 1.46 bits per heavy atom. The third kappa shape index (κ3) is 3.92. The van der Waals surface area contributed by atoms with E-state index in [2.05, 4.69) is 15.6 Å². The van der Waals surface area contributed by atoms with E-state index < -0.39 is 6.10 Å². The molecule has 1 atom stereocenters. The second kappa shape index (κ2) is 7.16. The molecule has 1 unspecified atom stereocenters. The zero-order valence-electron chi connectivity index (χ0n) is 13.5. The number of nitrogens with zero attached hydrogens (tertiary/aromatic N) is 2. The van der Waals surface area contributed by atoms with Crippen molar-refractivity contribution < 1.29 is 14.3 Å². The Morgan fingerprint density at radius 2 is 2.33 bits per heavy atom. The summed E-state index contributed by atoms with van der Waals surface area (Å²) in [5.41, 5.74) is 1.68. The molecule has 0 radical (unpaired) electrons. The maximum atomic E-state index is 12.1. The number of hydrogen-bond acceptors (Lipinski definition) is 4. The molecule has 2 heterocycles. The van der Waals surface area contributed by atoms with Crippen LogP contribution in [0.2, 0.25) is 0 Å². The number of aromatic nitrogens is 2. The van der Waals surface area contributed by atoms with E-state index >= 15 is 0 Å². The molecular weight excluding hydrogens is 308 g/mol. The lowest BCUT2D eigenvalue weighted by Gasteiger charge is -2.25. The molecule has 1 aromatic carbocycles. The van der Waals surface area contributed by atoms with Crippen LogP contribution in [0.3, 0.4) is 0 Å². The first kappa shape index (κ1) is 16.0. The second-order valence-electron chi connectivity index (χ2n) is 5.80. The summed E-state index contributed by atoms with van der Waals surface area (Å²) in [7, 11) is 0. The fourth-order valence-electron chi connectivity index (χ4n) is 2.55. The Hall–Kier alpha value is -2.83. The summed E-state index contributed by atoms with van der Waals surface area (Å²) in [6.45, 7) is 3.27. The molecule has 7 heteroatoms. The van der Waals surface area contributed by atoms with E-state index in [9.17, 15) is 9.59 Å².